The number of halogens is 1. The van der Waals surface area contributed by atoms with Crippen LogP contribution in [0, 0.1) is 5.82 Å². The highest BCUT2D eigenvalue weighted by atomic mass is 19.1. The number of likely N-dealkylation sites (tertiary alicyclic amines) is 1. The maximum Gasteiger partial charge on any atom is 0.260 e. The maximum absolute atomic E-state index is 13.1. The highest BCUT2D eigenvalue weighted by Crippen LogP contribution is 2.28. The molecule has 1 aliphatic heterocycles. The fraction of sp³-hybridized carbons (Fsp3) is 0.400. The summed E-state index contributed by atoms with van der Waals surface area (Å²) in [6.45, 7) is 6.70. The Morgan fingerprint density at radius 2 is 1.85 bits per heavy atom. The van der Waals surface area contributed by atoms with E-state index in [-0.39, 0.29) is 5.82 Å². The van der Waals surface area contributed by atoms with Crippen molar-refractivity contribution >= 4 is 16.9 Å². The Kier molecular flexibility index (Phi) is 4.59. The lowest BCUT2D eigenvalue weighted by atomic mass is 10.0. The minimum atomic E-state index is -0.269. The molecule has 136 valence electrons. The van der Waals surface area contributed by atoms with Crippen molar-refractivity contribution in [3.05, 3.63) is 42.2 Å². The van der Waals surface area contributed by atoms with Crippen LogP contribution in [0.3, 0.4) is 0 Å². The van der Waals surface area contributed by atoms with E-state index in [1.807, 2.05) is 12.1 Å². The molecule has 1 aliphatic rings. The molecule has 0 atom stereocenters. The largest absolute Gasteiger partial charge is 0.367 e. The number of fused-ring (bicyclic) bond motifs is 1. The Morgan fingerprint density at radius 3 is 2.54 bits per heavy atom. The molecule has 3 heterocycles. The molecule has 4 rings (SSSR count). The average molecular weight is 354 g/mol. The molecule has 3 aromatic rings. The molecular formula is C20H23FN4O. The first kappa shape index (κ1) is 17.0. The van der Waals surface area contributed by atoms with Crippen molar-refractivity contribution in [3.8, 4) is 11.3 Å². The van der Waals surface area contributed by atoms with E-state index in [0.717, 1.165) is 42.7 Å². The average Bonchev–Trinajstić information content (AvgIpc) is 3.06. The summed E-state index contributed by atoms with van der Waals surface area (Å²) in [5.74, 6) is 0.539. The number of pyridine rings is 1. The van der Waals surface area contributed by atoms with Gasteiger partial charge < -0.3 is 14.7 Å². The number of hydrogen-bond acceptors (Lipinski definition) is 5. The third-order valence-corrected chi connectivity index (χ3v) is 5.07. The van der Waals surface area contributed by atoms with Gasteiger partial charge in [0, 0.05) is 30.7 Å². The number of nitrogens with one attached hydrogen (secondary N) is 1. The minimum absolute atomic E-state index is 0.269. The van der Waals surface area contributed by atoms with Crippen LogP contribution in [-0.4, -0.2) is 40.2 Å². The molecular weight excluding hydrogens is 331 g/mol. The predicted molar refractivity (Wildman–Crippen MR) is 101 cm³/mol. The lowest BCUT2D eigenvalue weighted by Crippen LogP contribution is -2.42. The third-order valence-electron chi connectivity index (χ3n) is 5.07. The van der Waals surface area contributed by atoms with Gasteiger partial charge in [-0.3, -0.25) is 0 Å². The number of rotatable bonds is 4. The lowest BCUT2D eigenvalue weighted by molar-refractivity contribution is 0.177. The van der Waals surface area contributed by atoms with Crippen LogP contribution in [0.1, 0.15) is 26.7 Å². The first-order chi connectivity index (χ1) is 12.6. The molecule has 0 amide bonds. The molecule has 0 bridgehead atoms. The zero-order valence-electron chi connectivity index (χ0n) is 15.1. The number of anilines is 1. The Hall–Kier alpha value is -2.47. The second-order valence-electron chi connectivity index (χ2n) is 7.14. The SMILES string of the molecule is CC(C)N1CCC(Nc2ccc3c(-c4ccc(F)cc4)noc3n2)CC1. The quantitative estimate of drug-likeness (QED) is 0.756. The second kappa shape index (κ2) is 7.03. The van der Waals surface area contributed by atoms with Crippen LogP contribution in [0.15, 0.2) is 40.9 Å². The van der Waals surface area contributed by atoms with Crippen molar-refractivity contribution in [2.75, 3.05) is 18.4 Å². The molecule has 26 heavy (non-hydrogen) atoms. The van der Waals surface area contributed by atoms with Gasteiger partial charge >= 0.3 is 0 Å². The minimum Gasteiger partial charge on any atom is -0.367 e. The fourth-order valence-electron chi connectivity index (χ4n) is 3.49. The molecule has 5 nitrogen and oxygen atoms in total. The van der Waals surface area contributed by atoms with Gasteiger partial charge in [0.1, 0.15) is 17.3 Å². The molecule has 0 spiro atoms. The van der Waals surface area contributed by atoms with Crippen molar-refractivity contribution < 1.29 is 8.91 Å². The standard InChI is InChI=1S/C20H23FN4O/c1-13(2)25-11-9-16(10-12-25)22-18-8-7-17-19(24-26-20(17)23-18)14-3-5-15(21)6-4-14/h3-8,13,16H,9-12H2,1-2H3,(H,22,23). The van der Waals surface area contributed by atoms with Gasteiger partial charge in [-0.2, -0.15) is 4.98 Å². The van der Waals surface area contributed by atoms with Crippen LogP contribution in [0.4, 0.5) is 10.2 Å². The van der Waals surface area contributed by atoms with Crippen molar-refractivity contribution in [3.63, 3.8) is 0 Å². The van der Waals surface area contributed by atoms with Crippen LogP contribution in [-0.2, 0) is 0 Å². The van der Waals surface area contributed by atoms with Crippen LogP contribution in [0.25, 0.3) is 22.4 Å². The Labute approximate surface area is 152 Å². The zero-order chi connectivity index (χ0) is 18.1. The van der Waals surface area contributed by atoms with Gasteiger partial charge in [0.05, 0.1) is 5.39 Å². The summed E-state index contributed by atoms with van der Waals surface area (Å²) in [6, 6.07) is 11.2. The molecule has 1 saturated heterocycles. The van der Waals surface area contributed by atoms with Crippen molar-refractivity contribution in [2.45, 2.75) is 38.8 Å². The van der Waals surface area contributed by atoms with Crippen LogP contribution in [0.2, 0.25) is 0 Å². The topological polar surface area (TPSA) is 54.2 Å². The van der Waals surface area contributed by atoms with Gasteiger partial charge in [-0.15, -0.1) is 0 Å². The van der Waals surface area contributed by atoms with Crippen LogP contribution < -0.4 is 5.32 Å². The van der Waals surface area contributed by atoms with Crippen molar-refractivity contribution in [2.24, 2.45) is 0 Å². The molecule has 1 aromatic carbocycles. The summed E-state index contributed by atoms with van der Waals surface area (Å²) in [7, 11) is 0. The van der Waals surface area contributed by atoms with E-state index in [2.05, 4.69) is 34.2 Å². The lowest BCUT2D eigenvalue weighted by Gasteiger charge is -2.35. The predicted octanol–water partition coefficient (Wildman–Crippen LogP) is 4.31. The van der Waals surface area contributed by atoms with Crippen LogP contribution >= 0.6 is 0 Å². The summed E-state index contributed by atoms with van der Waals surface area (Å²) in [6.07, 6.45) is 2.21. The zero-order valence-corrected chi connectivity index (χ0v) is 15.1. The van der Waals surface area contributed by atoms with Gasteiger partial charge in [0.15, 0.2) is 0 Å². The van der Waals surface area contributed by atoms with E-state index in [9.17, 15) is 4.39 Å². The van der Waals surface area contributed by atoms with E-state index in [1.165, 1.54) is 12.1 Å². The molecule has 2 aromatic heterocycles. The molecule has 6 heteroatoms. The van der Waals surface area contributed by atoms with Gasteiger partial charge in [-0.25, -0.2) is 4.39 Å². The van der Waals surface area contributed by atoms with Crippen molar-refractivity contribution in [1.82, 2.24) is 15.0 Å². The van der Waals surface area contributed by atoms with Crippen LogP contribution in [0.5, 0.6) is 0 Å². The summed E-state index contributed by atoms with van der Waals surface area (Å²) in [4.78, 5) is 7.06. The highest BCUT2D eigenvalue weighted by Gasteiger charge is 2.21. The number of nitrogens with zero attached hydrogens (tertiary/aromatic N) is 3. The summed E-state index contributed by atoms with van der Waals surface area (Å²) >= 11 is 0. The number of benzene rings is 1. The Bertz CT molecular complexity index is 882. The first-order valence-corrected chi connectivity index (χ1v) is 9.13. The molecule has 1 fully saturated rings. The summed E-state index contributed by atoms with van der Waals surface area (Å²) in [5, 5.41) is 8.46. The second-order valence-corrected chi connectivity index (χ2v) is 7.14. The molecule has 0 radical (unpaired) electrons. The van der Waals surface area contributed by atoms with Crippen molar-refractivity contribution in [1.29, 1.82) is 0 Å². The third kappa shape index (κ3) is 3.42. The molecule has 0 saturated carbocycles. The van der Waals surface area contributed by atoms with E-state index >= 15 is 0 Å². The highest BCUT2D eigenvalue weighted by molar-refractivity contribution is 5.90. The molecule has 0 aliphatic carbocycles. The Morgan fingerprint density at radius 1 is 1.12 bits per heavy atom. The van der Waals surface area contributed by atoms with E-state index in [1.54, 1.807) is 12.1 Å². The fourth-order valence-corrected chi connectivity index (χ4v) is 3.49. The first-order valence-electron chi connectivity index (χ1n) is 9.13. The number of aromatic nitrogens is 2. The molecule has 1 N–H and O–H groups in total. The summed E-state index contributed by atoms with van der Waals surface area (Å²) in [5.41, 5.74) is 1.99. The maximum atomic E-state index is 13.1. The monoisotopic (exact) mass is 354 g/mol. The normalized spacial score (nSPS) is 16.5. The van der Waals surface area contributed by atoms with E-state index in [4.69, 9.17) is 4.52 Å². The molecule has 0 unspecified atom stereocenters. The van der Waals surface area contributed by atoms with E-state index in [0.29, 0.717) is 23.5 Å². The van der Waals surface area contributed by atoms with Gasteiger partial charge in [0.25, 0.3) is 5.71 Å². The Balaban J connectivity index is 1.50. The smallest absolute Gasteiger partial charge is 0.260 e. The van der Waals surface area contributed by atoms with Gasteiger partial charge in [-0.1, -0.05) is 5.16 Å². The summed E-state index contributed by atoms with van der Waals surface area (Å²) < 4.78 is 18.5. The number of hydrogen-bond donors (Lipinski definition) is 1. The van der Waals surface area contributed by atoms with E-state index < -0.39 is 0 Å². The van der Waals surface area contributed by atoms with Gasteiger partial charge in [-0.05, 0) is 63.1 Å². The number of piperidine rings is 1. The van der Waals surface area contributed by atoms with Gasteiger partial charge in [0.2, 0.25) is 0 Å².